The summed E-state index contributed by atoms with van der Waals surface area (Å²) in [5.74, 6) is 0. The van der Waals surface area contributed by atoms with Crippen LogP contribution in [-0.2, 0) is 0 Å². The first-order chi connectivity index (χ1) is 9.39. The van der Waals surface area contributed by atoms with Crippen LogP contribution in [0.5, 0.6) is 0 Å². The van der Waals surface area contributed by atoms with Crippen molar-refractivity contribution < 1.29 is 0 Å². The molecule has 0 aliphatic heterocycles. The fourth-order valence-corrected chi connectivity index (χ4v) is 7.00. The van der Waals surface area contributed by atoms with Crippen molar-refractivity contribution in [2.45, 2.75) is 90.9 Å². The summed E-state index contributed by atoms with van der Waals surface area (Å²) >= 11 is 4.18. The van der Waals surface area contributed by atoms with Gasteiger partial charge in [-0.15, -0.1) is 0 Å². The van der Waals surface area contributed by atoms with Crippen LogP contribution >= 0.6 is 20.8 Å². The molecule has 0 amide bonds. The molecule has 0 aromatic heterocycles. The topological polar surface area (TPSA) is 0 Å². The first kappa shape index (κ1) is 20.9. The van der Waals surface area contributed by atoms with Crippen molar-refractivity contribution in [3.8, 4) is 0 Å². The summed E-state index contributed by atoms with van der Waals surface area (Å²) in [7, 11) is 0. The van der Waals surface area contributed by atoms with Crippen molar-refractivity contribution in [3.05, 3.63) is 0 Å². The van der Waals surface area contributed by atoms with Crippen LogP contribution in [0, 0.1) is 0 Å². The minimum atomic E-state index is -1.50. The van der Waals surface area contributed by atoms with Gasteiger partial charge < -0.3 is 0 Å². The van der Waals surface area contributed by atoms with Gasteiger partial charge in [0.25, 0.3) is 0 Å². The van der Waals surface area contributed by atoms with Crippen LogP contribution in [0.3, 0.4) is 0 Å². The van der Waals surface area contributed by atoms with E-state index >= 15 is 0 Å². The Kier molecular flexibility index (Phi) is 12.0. The van der Waals surface area contributed by atoms with Gasteiger partial charge >= 0.3 is 137 Å². The average molecular weight is 367 g/mol. The molecule has 0 atom stereocenters. The van der Waals surface area contributed by atoms with Gasteiger partial charge in [-0.3, -0.25) is 0 Å². The van der Waals surface area contributed by atoms with E-state index in [0.29, 0.717) is 0 Å². The number of rotatable bonds is 14. The number of unbranched alkanes of at least 4 members (excludes halogenated alkanes) is 10. The molecule has 124 valence electrons. The van der Waals surface area contributed by atoms with E-state index in [1.54, 1.807) is 0 Å². The predicted molar refractivity (Wildman–Crippen MR) is 104 cm³/mol. The van der Waals surface area contributed by atoms with Gasteiger partial charge in [0.2, 0.25) is 0 Å². The van der Waals surface area contributed by atoms with E-state index in [2.05, 4.69) is 42.7 Å². The van der Waals surface area contributed by atoms with Crippen LogP contribution in [-0.4, -0.2) is 25.7 Å². The van der Waals surface area contributed by atoms with Gasteiger partial charge in [-0.2, -0.15) is 0 Å². The third-order valence-electron chi connectivity index (χ3n) is 4.40. The molecule has 0 heterocycles. The summed E-state index contributed by atoms with van der Waals surface area (Å²) in [6, 6.07) is 0. The Morgan fingerprint density at radius 1 is 0.550 bits per heavy atom. The third-order valence-corrected chi connectivity index (χ3v) is 9.92. The molecule has 0 unspecified atom stereocenters. The Morgan fingerprint density at radius 3 is 1.20 bits per heavy atom. The molecule has 0 radical (unpaired) electrons. The Morgan fingerprint density at radius 2 is 0.850 bits per heavy atom. The van der Waals surface area contributed by atoms with Crippen molar-refractivity contribution in [1.29, 1.82) is 0 Å². The number of hydrogen-bond acceptors (Lipinski definition) is 0. The molecule has 0 rings (SSSR count). The SMILES string of the molecule is CCCCCCCCP(C)(C)(Br)CCCCCCCC. The standard InChI is InChI=1S/C18H40BrP/c1-5-7-9-11-13-15-17-20(3,4,19)18-16-14-12-10-8-6-2/h5-18H2,1-4H3. The second-order valence-electron chi connectivity index (χ2n) is 7.50. The second-order valence-corrected chi connectivity index (χ2v) is 20.7. The molecule has 20 heavy (non-hydrogen) atoms. The summed E-state index contributed by atoms with van der Waals surface area (Å²) in [4.78, 5) is 0. The maximum atomic E-state index is 4.18. The molecule has 0 bridgehead atoms. The van der Waals surface area contributed by atoms with Gasteiger partial charge in [-0.05, 0) is 0 Å². The molecule has 0 saturated heterocycles. The van der Waals surface area contributed by atoms with Crippen LogP contribution in [0.4, 0.5) is 0 Å². The predicted octanol–water partition coefficient (Wildman–Crippen LogP) is 7.83. The van der Waals surface area contributed by atoms with Crippen LogP contribution in [0.1, 0.15) is 90.9 Å². The van der Waals surface area contributed by atoms with E-state index in [9.17, 15) is 0 Å². The Bertz CT molecular complexity index is 197. The summed E-state index contributed by atoms with van der Waals surface area (Å²) in [5, 5.41) is -1.50. The van der Waals surface area contributed by atoms with E-state index in [4.69, 9.17) is 0 Å². The fourth-order valence-electron chi connectivity index (χ4n) is 2.87. The van der Waals surface area contributed by atoms with Crippen molar-refractivity contribution in [2.75, 3.05) is 25.7 Å². The number of halogens is 1. The number of hydrogen-bond donors (Lipinski definition) is 0. The van der Waals surface area contributed by atoms with E-state index in [0.717, 1.165) is 0 Å². The van der Waals surface area contributed by atoms with Gasteiger partial charge in [0.05, 0.1) is 0 Å². The van der Waals surface area contributed by atoms with Crippen molar-refractivity contribution in [2.24, 2.45) is 0 Å². The van der Waals surface area contributed by atoms with Crippen molar-refractivity contribution >= 4 is 20.8 Å². The summed E-state index contributed by atoms with van der Waals surface area (Å²) in [5.41, 5.74) is 0. The molecule has 0 N–H and O–H groups in total. The van der Waals surface area contributed by atoms with Gasteiger partial charge in [0.1, 0.15) is 0 Å². The molecule has 0 aliphatic rings. The van der Waals surface area contributed by atoms with Crippen LogP contribution < -0.4 is 0 Å². The molecule has 2 heteroatoms. The van der Waals surface area contributed by atoms with Gasteiger partial charge in [0, 0.05) is 0 Å². The molecule has 0 fully saturated rings. The zero-order valence-electron chi connectivity index (χ0n) is 14.7. The monoisotopic (exact) mass is 366 g/mol. The van der Waals surface area contributed by atoms with Gasteiger partial charge in [-0.25, -0.2) is 0 Å². The molecule has 0 aliphatic carbocycles. The van der Waals surface area contributed by atoms with Crippen LogP contribution in [0.25, 0.3) is 0 Å². The van der Waals surface area contributed by atoms with E-state index in [-0.39, 0.29) is 0 Å². The Hall–Kier alpha value is 0.910. The Balaban J connectivity index is 3.64. The fraction of sp³-hybridized carbons (Fsp3) is 1.00. The molecule has 0 saturated carbocycles. The molecule has 0 spiro atoms. The van der Waals surface area contributed by atoms with E-state index < -0.39 is 5.31 Å². The normalized spacial score (nSPS) is 14.2. The second kappa shape index (κ2) is 11.5. The molecule has 0 nitrogen and oxygen atoms in total. The van der Waals surface area contributed by atoms with Gasteiger partial charge in [-0.1, -0.05) is 0 Å². The summed E-state index contributed by atoms with van der Waals surface area (Å²) in [6.45, 7) is 9.68. The summed E-state index contributed by atoms with van der Waals surface area (Å²) < 4.78 is 0. The molecular weight excluding hydrogens is 327 g/mol. The first-order valence-corrected chi connectivity index (χ1v) is 14.6. The van der Waals surface area contributed by atoms with Crippen LogP contribution in [0.2, 0.25) is 0 Å². The van der Waals surface area contributed by atoms with E-state index in [1.807, 2.05) is 0 Å². The van der Waals surface area contributed by atoms with E-state index in [1.165, 1.54) is 89.4 Å². The zero-order valence-corrected chi connectivity index (χ0v) is 17.2. The minimum absolute atomic E-state index is 1.36. The molecule has 0 aromatic carbocycles. The van der Waals surface area contributed by atoms with Crippen LogP contribution in [0.15, 0.2) is 0 Å². The summed E-state index contributed by atoms with van der Waals surface area (Å²) in [6.07, 6.45) is 20.0. The quantitative estimate of drug-likeness (QED) is 0.217. The zero-order chi connectivity index (χ0) is 15.3. The maximum absolute atomic E-state index is 4.18. The Labute approximate surface area is 137 Å². The van der Waals surface area contributed by atoms with Gasteiger partial charge in [0.15, 0.2) is 0 Å². The first-order valence-electron chi connectivity index (χ1n) is 9.11. The van der Waals surface area contributed by atoms with Crippen molar-refractivity contribution in [1.82, 2.24) is 0 Å². The van der Waals surface area contributed by atoms with Crippen molar-refractivity contribution in [3.63, 3.8) is 0 Å². The molecular formula is C18H40BrP. The third kappa shape index (κ3) is 13.9. The molecule has 0 aromatic rings. The average Bonchev–Trinajstić information content (AvgIpc) is 2.37.